The van der Waals surface area contributed by atoms with Gasteiger partial charge in [-0.2, -0.15) is 0 Å². The van der Waals surface area contributed by atoms with Gasteiger partial charge >= 0.3 is 5.97 Å². The number of hydrogen-bond acceptors (Lipinski definition) is 5. The first kappa shape index (κ1) is 18.6. The van der Waals surface area contributed by atoms with E-state index in [-0.39, 0.29) is 12.0 Å². The monoisotopic (exact) mass is 345 g/mol. The van der Waals surface area contributed by atoms with Crippen molar-refractivity contribution in [3.63, 3.8) is 0 Å². The maximum atomic E-state index is 12.3. The van der Waals surface area contributed by atoms with E-state index < -0.39 is 5.97 Å². The Morgan fingerprint density at radius 1 is 1.16 bits per heavy atom. The topological polar surface area (TPSA) is 65.1 Å². The zero-order valence-electron chi connectivity index (χ0n) is 14.6. The van der Waals surface area contributed by atoms with Gasteiger partial charge in [0.2, 0.25) is 5.91 Å². The van der Waals surface area contributed by atoms with E-state index in [2.05, 4.69) is 6.58 Å². The molecule has 1 amide bonds. The predicted molar refractivity (Wildman–Crippen MR) is 94.5 cm³/mol. The Morgan fingerprint density at radius 2 is 1.84 bits per heavy atom. The van der Waals surface area contributed by atoms with Crippen molar-refractivity contribution in [2.24, 2.45) is 0 Å². The molecule has 1 aromatic carbocycles. The number of esters is 1. The van der Waals surface area contributed by atoms with Crippen molar-refractivity contribution >= 4 is 18.0 Å². The standard InChI is InChI=1S/C19H23NO5/c1-4-19(22)25-15-9-11-20(12-10-15)18(21)8-6-14-5-7-16(23-2)17(13-14)24-3/h4-8,13,15H,1,9-12H2,2-3H3/b8-6+. The molecular formula is C19H23NO5. The lowest BCUT2D eigenvalue weighted by Gasteiger charge is -2.30. The lowest BCUT2D eigenvalue weighted by atomic mass is 10.1. The molecule has 0 aromatic heterocycles. The normalized spacial score (nSPS) is 15.0. The van der Waals surface area contributed by atoms with Crippen LogP contribution in [0.4, 0.5) is 0 Å². The van der Waals surface area contributed by atoms with Crippen molar-refractivity contribution in [1.29, 1.82) is 0 Å². The van der Waals surface area contributed by atoms with Crippen LogP contribution in [-0.2, 0) is 14.3 Å². The highest BCUT2D eigenvalue weighted by Gasteiger charge is 2.23. The molecule has 2 rings (SSSR count). The molecule has 0 aliphatic carbocycles. The Hall–Kier alpha value is -2.76. The summed E-state index contributed by atoms with van der Waals surface area (Å²) in [6.45, 7) is 4.50. The van der Waals surface area contributed by atoms with Crippen LogP contribution in [0.1, 0.15) is 18.4 Å². The summed E-state index contributed by atoms with van der Waals surface area (Å²) in [6, 6.07) is 5.46. The van der Waals surface area contributed by atoms with Gasteiger partial charge in [0.25, 0.3) is 0 Å². The molecule has 6 nitrogen and oxygen atoms in total. The molecule has 1 heterocycles. The summed E-state index contributed by atoms with van der Waals surface area (Å²) < 4.78 is 15.6. The van der Waals surface area contributed by atoms with Gasteiger partial charge in [0, 0.05) is 38.1 Å². The SMILES string of the molecule is C=CC(=O)OC1CCN(C(=O)/C=C/c2ccc(OC)c(OC)c2)CC1. The van der Waals surface area contributed by atoms with Crippen molar-refractivity contribution in [3.05, 3.63) is 42.5 Å². The Morgan fingerprint density at radius 3 is 2.44 bits per heavy atom. The van der Waals surface area contributed by atoms with Gasteiger partial charge in [-0.1, -0.05) is 12.6 Å². The second-order valence-corrected chi connectivity index (χ2v) is 5.61. The molecule has 0 N–H and O–H groups in total. The second kappa shape index (κ2) is 8.92. The number of ether oxygens (including phenoxy) is 3. The average Bonchev–Trinajstić information content (AvgIpc) is 2.66. The second-order valence-electron chi connectivity index (χ2n) is 5.61. The number of hydrogen-bond donors (Lipinski definition) is 0. The van der Waals surface area contributed by atoms with Crippen LogP contribution < -0.4 is 9.47 Å². The van der Waals surface area contributed by atoms with Gasteiger partial charge in [0.05, 0.1) is 14.2 Å². The number of piperidine rings is 1. The van der Waals surface area contributed by atoms with Crippen LogP contribution in [0.25, 0.3) is 6.08 Å². The minimum absolute atomic E-state index is 0.0664. The van der Waals surface area contributed by atoms with E-state index >= 15 is 0 Å². The van der Waals surface area contributed by atoms with Crippen LogP contribution in [-0.4, -0.2) is 50.2 Å². The molecule has 0 radical (unpaired) electrons. The molecule has 1 fully saturated rings. The number of nitrogens with zero attached hydrogens (tertiary/aromatic N) is 1. The average molecular weight is 345 g/mol. The Labute approximate surface area is 147 Å². The van der Waals surface area contributed by atoms with Gasteiger partial charge in [0.1, 0.15) is 6.10 Å². The maximum absolute atomic E-state index is 12.3. The molecule has 1 aromatic rings. The molecule has 1 aliphatic rings. The smallest absolute Gasteiger partial charge is 0.330 e. The first-order chi connectivity index (χ1) is 12.1. The number of carbonyl (C=O) groups is 2. The molecular weight excluding hydrogens is 322 g/mol. The zero-order valence-corrected chi connectivity index (χ0v) is 14.6. The van der Waals surface area contributed by atoms with Gasteiger partial charge in [-0.05, 0) is 23.8 Å². The fourth-order valence-electron chi connectivity index (χ4n) is 2.64. The molecule has 6 heteroatoms. The number of benzene rings is 1. The number of likely N-dealkylation sites (tertiary alicyclic amines) is 1. The Kier molecular flexibility index (Phi) is 6.62. The molecule has 0 unspecified atom stereocenters. The van der Waals surface area contributed by atoms with Crippen molar-refractivity contribution in [2.45, 2.75) is 18.9 Å². The fraction of sp³-hybridized carbons (Fsp3) is 0.368. The van der Waals surface area contributed by atoms with Crippen molar-refractivity contribution in [3.8, 4) is 11.5 Å². The van der Waals surface area contributed by atoms with Gasteiger partial charge in [-0.15, -0.1) is 0 Å². The summed E-state index contributed by atoms with van der Waals surface area (Å²) >= 11 is 0. The first-order valence-corrected chi connectivity index (χ1v) is 8.09. The molecule has 134 valence electrons. The molecule has 1 saturated heterocycles. The maximum Gasteiger partial charge on any atom is 0.330 e. The van der Waals surface area contributed by atoms with Gasteiger partial charge < -0.3 is 19.1 Å². The first-order valence-electron chi connectivity index (χ1n) is 8.09. The lowest BCUT2D eigenvalue weighted by Crippen LogP contribution is -2.40. The predicted octanol–water partition coefficient (Wildman–Crippen LogP) is 2.44. The van der Waals surface area contributed by atoms with Crippen LogP contribution in [0.15, 0.2) is 36.9 Å². The highest BCUT2D eigenvalue weighted by Crippen LogP contribution is 2.28. The summed E-state index contributed by atoms with van der Waals surface area (Å²) in [4.78, 5) is 25.2. The molecule has 0 atom stereocenters. The van der Waals surface area contributed by atoms with Crippen LogP contribution in [0.5, 0.6) is 11.5 Å². The van der Waals surface area contributed by atoms with Crippen molar-refractivity contribution < 1.29 is 23.8 Å². The van der Waals surface area contributed by atoms with Crippen LogP contribution in [0.3, 0.4) is 0 Å². The molecule has 0 spiro atoms. The van der Waals surface area contributed by atoms with Gasteiger partial charge in [-0.25, -0.2) is 4.79 Å². The third-order valence-electron chi connectivity index (χ3n) is 4.03. The zero-order chi connectivity index (χ0) is 18.2. The molecule has 25 heavy (non-hydrogen) atoms. The number of rotatable bonds is 6. The summed E-state index contributed by atoms with van der Waals surface area (Å²) in [6.07, 6.45) is 5.56. The fourth-order valence-corrected chi connectivity index (χ4v) is 2.64. The van der Waals surface area contributed by atoms with E-state index in [9.17, 15) is 9.59 Å². The van der Waals surface area contributed by atoms with E-state index in [1.807, 2.05) is 12.1 Å². The third kappa shape index (κ3) is 5.11. The highest BCUT2D eigenvalue weighted by atomic mass is 16.5. The largest absolute Gasteiger partial charge is 0.493 e. The number of carbonyl (C=O) groups excluding carboxylic acids is 2. The van der Waals surface area contributed by atoms with E-state index in [0.29, 0.717) is 37.4 Å². The minimum Gasteiger partial charge on any atom is -0.493 e. The number of methoxy groups -OCH3 is 2. The summed E-state index contributed by atoms with van der Waals surface area (Å²) in [5.74, 6) is 0.769. The van der Waals surface area contributed by atoms with Crippen molar-refractivity contribution in [1.82, 2.24) is 4.90 Å². The Bertz CT molecular complexity index is 660. The Balaban J connectivity index is 1.91. The summed E-state index contributed by atoms with van der Waals surface area (Å²) in [7, 11) is 3.15. The van der Waals surface area contributed by atoms with Gasteiger partial charge in [0.15, 0.2) is 11.5 Å². The number of amides is 1. The van der Waals surface area contributed by atoms with Crippen LogP contribution in [0.2, 0.25) is 0 Å². The molecule has 0 bridgehead atoms. The lowest BCUT2D eigenvalue weighted by molar-refractivity contribution is -0.145. The third-order valence-corrected chi connectivity index (χ3v) is 4.03. The summed E-state index contributed by atoms with van der Waals surface area (Å²) in [5.41, 5.74) is 0.848. The molecule has 0 saturated carbocycles. The summed E-state index contributed by atoms with van der Waals surface area (Å²) in [5, 5.41) is 0. The van der Waals surface area contributed by atoms with Crippen molar-refractivity contribution in [2.75, 3.05) is 27.3 Å². The van der Waals surface area contributed by atoms with E-state index in [1.165, 1.54) is 6.08 Å². The van der Waals surface area contributed by atoms with Crippen LogP contribution >= 0.6 is 0 Å². The quantitative estimate of drug-likeness (QED) is 0.585. The van der Waals surface area contributed by atoms with E-state index in [4.69, 9.17) is 14.2 Å². The minimum atomic E-state index is -0.418. The van der Waals surface area contributed by atoms with E-state index in [0.717, 1.165) is 11.6 Å². The van der Waals surface area contributed by atoms with Gasteiger partial charge in [-0.3, -0.25) is 4.79 Å². The van der Waals surface area contributed by atoms with Crippen LogP contribution in [0, 0.1) is 0 Å². The highest BCUT2D eigenvalue weighted by molar-refractivity contribution is 5.92. The molecule has 1 aliphatic heterocycles. The van der Waals surface area contributed by atoms with E-state index in [1.54, 1.807) is 31.3 Å².